The highest BCUT2D eigenvalue weighted by Crippen LogP contribution is 2.42. The van der Waals surface area contributed by atoms with Crippen molar-refractivity contribution in [3.8, 4) is 33.4 Å². The van der Waals surface area contributed by atoms with Crippen molar-refractivity contribution in [3.63, 3.8) is 0 Å². The van der Waals surface area contributed by atoms with Gasteiger partial charge >= 0.3 is 0 Å². The van der Waals surface area contributed by atoms with Crippen LogP contribution in [-0.2, 0) is 0 Å². The third-order valence-electron chi connectivity index (χ3n) is 9.30. The first-order valence-electron chi connectivity index (χ1n) is 16.8. The van der Waals surface area contributed by atoms with E-state index in [2.05, 4.69) is 217 Å². The van der Waals surface area contributed by atoms with Crippen LogP contribution in [0.25, 0.3) is 44.2 Å². The standard InChI is InChI=1S/C47H36N2/c1-48(39-17-4-2-5-18-39)46-25-12-10-22-44(46)37-27-29-38(30-28-37)45-23-11-13-26-47(45)49(40-19-6-3-7-20-40)41-33-31-36(32-34-41)43-24-14-16-35-15-8-9-21-42(35)43/h2-34H,1H3. The Hall–Kier alpha value is -6.38. The smallest absolute Gasteiger partial charge is 0.0540 e. The summed E-state index contributed by atoms with van der Waals surface area (Å²) in [6.45, 7) is 0. The fourth-order valence-corrected chi connectivity index (χ4v) is 6.81. The van der Waals surface area contributed by atoms with Gasteiger partial charge in [-0.05, 0) is 81.6 Å². The van der Waals surface area contributed by atoms with Crippen molar-refractivity contribution in [1.82, 2.24) is 0 Å². The number of nitrogens with zero attached hydrogens (tertiary/aromatic N) is 2. The lowest BCUT2D eigenvalue weighted by atomic mass is 9.96. The van der Waals surface area contributed by atoms with Gasteiger partial charge < -0.3 is 9.80 Å². The Bertz CT molecular complexity index is 2320. The summed E-state index contributed by atoms with van der Waals surface area (Å²) >= 11 is 0. The van der Waals surface area contributed by atoms with E-state index >= 15 is 0 Å². The van der Waals surface area contributed by atoms with Crippen LogP contribution >= 0.6 is 0 Å². The summed E-state index contributed by atoms with van der Waals surface area (Å²) in [4.78, 5) is 4.61. The molecule has 0 unspecified atom stereocenters. The molecule has 0 radical (unpaired) electrons. The maximum Gasteiger partial charge on any atom is 0.0540 e. The summed E-state index contributed by atoms with van der Waals surface area (Å²) in [6, 6.07) is 71.6. The molecule has 0 N–H and O–H groups in total. The molecule has 49 heavy (non-hydrogen) atoms. The van der Waals surface area contributed by atoms with Gasteiger partial charge in [-0.25, -0.2) is 0 Å². The van der Waals surface area contributed by atoms with Gasteiger partial charge in [0.2, 0.25) is 0 Å². The van der Waals surface area contributed by atoms with Gasteiger partial charge in [-0.1, -0.05) is 152 Å². The Kier molecular flexibility index (Phi) is 8.19. The van der Waals surface area contributed by atoms with E-state index in [1.165, 1.54) is 49.8 Å². The second-order valence-electron chi connectivity index (χ2n) is 12.3. The first kappa shape index (κ1) is 30.0. The van der Waals surface area contributed by atoms with E-state index in [1.807, 2.05) is 0 Å². The lowest BCUT2D eigenvalue weighted by Crippen LogP contribution is -2.11. The molecule has 0 aliphatic heterocycles. The summed E-state index contributed by atoms with van der Waals surface area (Å²) in [6.07, 6.45) is 0. The van der Waals surface area contributed by atoms with Gasteiger partial charge in [0.15, 0.2) is 0 Å². The van der Waals surface area contributed by atoms with Crippen LogP contribution in [0.15, 0.2) is 200 Å². The maximum atomic E-state index is 2.36. The highest BCUT2D eigenvalue weighted by Gasteiger charge is 2.18. The number of rotatable bonds is 8. The fourth-order valence-electron chi connectivity index (χ4n) is 6.81. The zero-order valence-corrected chi connectivity index (χ0v) is 27.4. The highest BCUT2D eigenvalue weighted by atomic mass is 15.1. The third kappa shape index (κ3) is 5.97. The monoisotopic (exact) mass is 628 g/mol. The SMILES string of the molecule is CN(c1ccccc1)c1ccccc1-c1ccc(-c2ccccc2N(c2ccccc2)c2ccc(-c3cccc4ccccc34)cc2)cc1. The lowest BCUT2D eigenvalue weighted by Gasteiger charge is -2.28. The van der Waals surface area contributed by atoms with Crippen molar-refractivity contribution in [2.45, 2.75) is 0 Å². The molecular weight excluding hydrogens is 593 g/mol. The summed E-state index contributed by atoms with van der Waals surface area (Å²) in [5, 5.41) is 2.52. The Morgan fingerprint density at radius 3 is 1.41 bits per heavy atom. The number of hydrogen-bond acceptors (Lipinski definition) is 2. The molecule has 0 saturated carbocycles. The molecule has 0 heterocycles. The summed E-state index contributed by atoms with van der Waals surface area (Å²) in [7, 11) is 2.13. The molecule has 8 aromatic rings. The molecule has 0 amide bonds. The van der Waals surface area contributed by atoms with Crippen molar-refractivity contribution < 1.29 is 0 Å². The highest BCUT2D eigenvalue weighted by molar-refractivity contribution is 5.97. The first-order chi connectivity index (χ1) is 24.2. The van der Waals surface area contributed by atoms with E-state index in [0.29, 0.717) is 0 Å². The van der Waals surface area contributed by atoms with Gasteiger partial charge in [-0.3, -0.25) is 0 Å². The first-order valence-corrected chi connectivity index (χ1v) is 16.8. The van der Waals surface area contributed by atoms with Crippen molar-refractivity contribution in [1.29, 1.82) is 0 Å². The lowest BCUT2D eigenvalue weighted by molar-refractivity contribution is 1.21. The van der Waals surface area contributed by atoms with Crippen LogP contribution in [0.1, 0.15) is 0 Å². The minimum absolute atomic E-state index is 1.11. The van der Waals surface area contributed by atoms with E-state index in [4.69, 9.17) is 0 Å². The molecule has 0 aliphatic carbocycles. The molecule has 8 aromatic carbocycles. The van der Waals surface area contributed by atoms with Gasteiger partial charge in [-0.2, -0.15) is 0 Å². The quantitative estimate of drug-likeness (QED) is 0.165. The van der Waals surface area contributed by atoms with Crippen LogP contribution in [0.3, 0.4) is 0 Å². The van der Waals surface area contributed by atoms with Crippen molar-refractivity contribution in [2.24, 2.45) is 0 Å². The van der Waals surface area contributed by atoms with Crippen LogP contribution in [0, 0.1) is 0 Å². The Labute approximate surface area is 288 Å². The topological polar surface area (TPSA) is 6.48 Å². The Morgan fingerprint density at radius 1 is 0.306 bits per heavy atom. The van der Waals surface area contributed by atoms with E-state index in [1.54, 1.807) is 0 Å². The molecule has 0 aliphatic rings. The van der Waals surface area contributed by atoms with Gasteiger partial charge in [0, 0.05) is 40.9 Å². The van der Waals surface area contributed by atoms with Crippen molar-refractivity contribution in [2.75, 3.05) is 16.8 Å². The molecule has 0 aromatic heterocycles. The number of para-hydroxylation sites is 4. The second-order valence-corrected chi connectivity index (χ2v) is 12.3. The molecule has 0 saturated heterocycles. The van der Waals surface area contributed by atoms with Gasteiger partial charge in [0.05, 0.1) is 5.69 Å². The van der Waals surface area contributed by atoms with Gasteiger partial charge in [0.25, 0.3) is 0 Å². The normalized spacial score (nSPS) is 11.0. The van der Waals surface area contributed by atoms with E-state index in [-0.39, 0.29) is 0 Å². The van der Waals surface area contributed by atoms with Crippen LogP contribution in [0.2, 0.25) is 0 Å². The molecule has 0 fully saturated rings. The molecular formula is C47H36N2. The van der Waals surface area contributed by atoms with Crippen LogP contribution in [0.4, 0.5) is 28.4 Å². The maximum absolute atomic E-state index is 2.36. The van der Waals surface area contributed by atoms with E-state index < -0.39 is 0 Å². The summed E-state index contributed by atoms with van der Waals surface area (Å²) in [5.74, 6) is 0. The molecule has 0 spiro atoms. The molecule has 8 rings (SSSR count). The van der Waals surface area contributed by atoms with Crippen molar-refractivity contribution >= 4 is 39.2 Å². The minimum atomic E-state index is 1.11. The van der Waals surface area contributed by atoms with Gasteiger partial charge in [-0.15, -0.1) is 0 Å². The fraction of sp³-hybridized carbons (Fsp3) is 0.0213. The zero-order chi connectivity index (χ0) is 33.0. The third-order valence-corrected chi connectivity index (χ3v) is 9.30. The largest absolute Gasteiger partial charge is 0.344 e. The van der Waals surface area contributed by atoms with E-state index in [0.717, 1.165) is 22.7 Å². The van der Waals surface area contributed by atoms with Crippen LogP contribution in [-0.4, -0.2) is 7.05 Å². The predicted molar refractivity (Wildman–Crippen MR) is 209 cm³/mol. The average Bonchev–Trinajstić information content (AvgIpc) is 3.19. The predicted octanol–water partition coefficient (Wildman–Crippen LogP) is 13.1. The van der Waals surface area contributed by atoms with Crippen LogP contribution in [0.5, 0.6) is 0 Å². The number of benzene rings is 8. The molecule has 2 nitrogen and oxygen atoms in total. The van der Waals surface area contributed by atoms with Crippen LogP contribution < -0.4 is 9.80 Å². The summed E-state index contributed by atoms with van der Waals surface area (Å²) < 4.78 is 0. The minimum Gasteiger partial charge on any atom is -0.344 e. The molecule has 2 heteroatoms. The zero-order valence-electron chi connectivity index (χ0n) is 27.4. The number of fused-ring (bicyclic) bond motifs is 1. The van der Waals surface area contributed by atoms with Crippen molar-refractivity contribution in [3.05, 3.63) is 200 Å². The molecule has 0 bridgehead atoms. The van der Waals surface area contributed by atoms with E-state index in [9.17, 15) is 0 Å². The molecule has 0 atom stereocenters. The number of hydrogen-bond donors (Lipinski definition) is 0. The van der Waals surface area contributed by atoms with Gasteiger partial charge in [0.1, 0.15) is 0 Å². The Balaban J connectivity index is 1.17. The summed E-state index contributed by atoms with van der Waals surface area (Å²) in [5.41, 5.74) is 12.9. The second kappa shape index (κ2) is 13.4. The number of anilines is 5. The average molecular weight is 629 g/mol. The molecule has 234 valence electrons. The Morgan fingerprint density at radius 2 is 0.735 bits per heavy atom.